The quantitative estimate of drug-likeness (QED) is 0.819. The van der Waals surface area contributed by atoms with E-state index in [1.54, 1.807) is 6.20 Å². The van der Waals surface area contributed by atoms with Gasteiger partial charge in [-0.15, -0.1) is 24.8 Å². The van der Waals surface area contributed by atoms with Gasteiger partial charge >= 0.3 is 0 Å². The predicted octanol–water partition coefficient (Wildman–Crippen LogP) is 1.28. The molecule has 1 N–H and O–H groups in total. The molecule has 0 unspecified atom stereocenters. The van der Waals surface area contributed by atoms with E-state index in [2.05, 4.69) is 10.3 Å². The Morgan fingerprint density at radius 1 is 1.31 bits per heavy atom. The van der Waals surface area contributed by atoms with Crippen LogP contribution >= 0.6 is 24.8 Å². The van der Waals surface area contributed by atoms with E-state index in [9.17, 15) is 0 Å². The van der Waals surface area contributed by atoms with E-state index in [1.165, 1.54) is 0 Å². The molecule has 0 spiro atoms. The van der Waals surface area contributed by atoms with Crippen molar-refractivity contribution in [3.63, 3.8) is 0 Å². The van der Waals surface area contributed by atoms with Crippen LogP contribution < -0.4 is 10.1 Å². The third-order valence-corrected chi connectivity index (χ3v) is 1.67. The summed E-state index contributed by atoms with van der Waals surface area (Å²) in [6, 6.07) is 5.68. The summed E-state index contributed by atoms with van der Waals surface area (Å²) in [5.41, 5.74) is 0. The first-order valence-corrected chi connectivity index (χ1v) is 3.73. The molecule has 0 amide bonds. The zero-order valence-electron chi connectivity index (χ0n) is 6.97. The Morgan fingerprint density at radius 2 is 2.08 bits per heavy atom. The fraction of sp³-hybridized carbons (Fsp3) is 0.375. The standard InChI is InChI=1S/C8H10N2O.2ClH/c1-2-4-10-8(3-1)11-7-5-9-6-7;;/h1-4,7,9H,5-6H2;2*1H. The average molecular weight is 223 g/mol. The maximum absolute atomic E-state index is 5.48. The molecule has 0 radical (unpaired) electrons. The van der Waals surface area contributed by atoms with E-state index in [-0.39, 0.29) is 24.8 Å². The Labute approximate surface area is 89.7 Å². The smallest absolute Gasteiger partial charge is 0.213 e. The van der Waals surface area contributed by atoms with Crippen LogP contribution in [-0.2, 0) is 0 Å². The zero-order valence-corrected chi connectivity index (χ0v) is 8.61. The molecule has 0 bridgehead atoms. The summed E-state index contributed by atoms with van der Waals surface area (Å²) in [5, 5.41) is 3.13. The maximum Gasteiger partial charge on any atom is 0.213 e. The SMILES string of the molecule is Cl.Cl.c1ccc(OC2CNC2)nc1. The van der Waals surface area contributed by atoms with E-state index < -0.39 is 0 Å². The van der Waals surface area contributed by atoms with Gasteiger partial charge < -0.3 is 10.1 Å². The number of pyridine rings is 1. The van der Waals surface area contributed by atoms with Gasteiger partial charge in [0, 0.05) is 25.4 Å². The van der Waals surface area contributed by atoms with E-state index in [4.69, 9.17) is 4.74 Å². The van der Waals surface area contributed by atoms with Crippen LogP contribution in [-0.4, -0.2) is 24.2 Å². The van der Waals surface area contributed by atoms with Crippen molar-refractivity contribution in [2.75, 3.05) is 13.1 Å². The topological polar surface area (TPSA) is 34.1 Å². The maximum atomic E-state index is 5.48. The fourth-order valence-electron chi connectivity index (χ4n) is 0.933. The second-order valence-electron chi connectivity index (χ2n) is 2.57. The Kier molecular flexibility index (Phi) is 5.79. The second kappa shape index (κ2) is 6.02. The minimum atomic E-state index is 0. The lowest BCUT2D eigenvalue weighted by Gasteiger charge is -2.26. The molecule has 2 rings (SSSR count). The van der Waals surface area contributed by atoms with Crippen molar-refractivity contribution in [3.05, 3.63) is 24.4 Å². The van der Waals surface area contributed by atoms with Crippen LogP contribution in [0.4, 0.5) is 0 Å². The van der Waals surface area contributed by atoms with Gasteiger partial charge in [0.25, 0.3) is 0 Å². The van der Waals surface area contributed by atoms with Gasteiger partial charge in [-0.25, -0.2) is 4.98 Å². The molecule has 2 heterocycles. The summed E-state index contributed by atoms with van der Waals surface area (Å²) in [5.74, 6) is 0.721. The summed E-state index contributed by atoms with van der Waals surface area (Å²) in [7, 11) is 0. The highest BCUT2D eigenvalue weighted by Gasteiger charge is 2.18. The molecule has 1 aromatic heterocycles. The van der Waals surface area contributed by atoms with E-state index in [0.717, 1.165) is 19.0 Å². The first kappa shape index (κ1) is 12.5. The summed E-state index contributed by atoms with van der Waals surface area (Å²) in [4.78, 5) is 4.05. The molecule has 1 aromatic rings. The largest absolute Gasteiger partial charge is 0.472 e. The lowest BCUT2D eigenvalue weighted by molar-refractivity contribution is 0.136. The minimum Gasteiger partial charge on any atom is -0.472 e. The van der Waals surface area contributed by atoms with Crippen LogP contribution in [0.15, 0.2) is 24.4 Å². The molecule has 1 saturated heterocycles. The van der Waals surface area contributed by atoms with Crippen LogP contribution in [0.3, 0.4) is 0 Å². The van der Waals surface area contributed by atoms with Crippen LogP contribution in [0.5, 0.6) is 5.88 Å². The van der Waals surface area contributed by atoms with Crippen LogP contribution in [0.2, 0.25) is 0 Å². The van der Waals surface area contributed by atoms with E-state index >= 15 is 0 Å². The number of aromatic nitrogens is 1. The number of hydrogen-bond donors (Lipinski definition) is 1. The highest BCUT2D eigenvalue weighted by atomic mass is 35.5. The van der Waals surface area contributed by atoms with E-state index in [0.29, 0.717) is 6.10 Å². The molecule has 0 atom stereocenters. The molecule has 0 aliphatic carbocycles. The average Bonchev–Trinajstić information content (AvgIpc) is 1.99. The Bertz CT molecular complexity index is 229. The van der Waals surface area contributed by atoms with Crippen LogP contribution in [0, 0.1) is 0 Å². The van der Waals surface area contributed by atoms with Crippen LogP contribution in [0.25, 0.3) is 0 Å². The van der Waals surface area contributed by atoms with Gasteiger partial charge in [0.05, 0.1) is 0 Å². The van der Waals surface area contributed by atoms with Gasteiger partial charge in [-0.2, -0.15) is 0 Å². The molecule has 1 fully saturated rings. The number of nitrogens with one attached hydrogen (secondary N) is 1. The third kappa shape index (κ3) is 3.38. The van der Waals surface area contributed by atoms with Crippen molar-refractivity contribution in [2.45, 2.75) is 6.10 Å². The Balaban J connectivity index is 0.000000720. The molecule has 3 nitrogen and oxygen atoms in total. The highest BCUT2D eigenvalue weighted by molar-refractivity contribution is 5.85. The molecule has 13 heavy (non-hydrogen) atoms. The summed E-state index contributed by atoms with van der Waals surface area (Å²) in [6.07, 6.45) is 2.06. The molecular weight excluding hydrogens is 211 g/mol. The van der Waals surface area contributed by atoms with Gasteiger partial charge in [0.2, 0.25) is 5.88 Å². The minimum absolute atomic E-state index is 0. The summed E-state index contributed by atoms with van der Waals surface area (Å²) < 4.78 is 5.48. The summed E-state index contributed by atoms with van der Waals surface area (Å²) in [6.45, 7) is 1.88. The van der Waals surface area contributed by atoms with Gasteiger partial charge in [0.1, 0.15) is 6.10 Å². The zero-order chi connectivity index (χ0) is 7.52. The van der Waals surface area contributed by atoms with Gasteiger partial charge in [-0.05, 0) is 6.07 Å². The first-order chi connectivity index (χ1) is 5.45. The van der Waals surface area contributed by atoms with Crippen molar-refractivity contribution in [1.82, 2.24) is 10.3 Å². The van der Waals surface area contributed by atoms with E-state index in [1.807, 2.05) is 18.2 Å². The highest BCUT2D eigenvalue weighted by Crippen LogP contribution is 2.08. The van der Waals surface area contributed by atoms with Gasteiger partial charge in [-0.3, -0.25) is 0 Å². The molecular formula is C8H12Cl2N2O. The Hall–Kier alpha value is -0.510. The molecule has 0 aromatic carbocycles. The van der Waals surface area contributed by atoms with Crippen molar-refractivity contribution in [1.29, 1.82) is 0 Å². The molecule has 1 aliphatic heterocycles. The molecule has 0 saturated carbocycles. The van der Waals surface area contributed by atoms with Gasteiger partial charge in [-0.1, -0.05) is 6.07 Å². The van der Waals surface area contributed by atoms with Crippen molar-refractivity contribution in [2.24, 2.45) is 0 Å². The van der Waals surface area contributed by atoms with Gasteiger partial charge in [0.15, 0.2) is 0 Å². The normalized spacial score (nSPS) is 14.8. The van der Waals surface area contributed by atoms with Crippen molar-refractivity contribution in [3.8, 4) is 5.88 Å². The monoisotopic (exact) mass is 222 g/mol. The number of hydrogen-bond acceptors (Lipinski definition) is 3. The first-order valence-electron chi connectivity index (χ1n) is 3.73. The lowest BCUT2D eigenvalue weighted by atomic mass is 10.2. The predicted molar refractivity (Wildman–Crippen MR) is 56.0 cm³/mol. The second-order valence-corrected chi connectivity index (χ2v) is 2.57. The number of rotatable bonds is 2. The molecule has 5 heteroatoms. The number of halogens is 2. The number of ether oxygens (including phenoxy) is 1. The van der Waals surface area contributed by atoms with Crippen molar-refractivity contribution >= 4 is 24.8 Å². The third-order valence-electron chi connectivity index (χ3n) is 1.67. The lowest BCUT2D eigenvalue weighted by Crippen LogP contribution is -2.50. The number of nitrogens with zero attached hydrogens (tertiary/aromatic N) is 1. The van der Waals surface area contributed by atoms with Crippen molar-refractivity contribution < 1.29 is 4.74 Å². The molecule has 74 valence electrons. The fourth-order valence-corrected chi connectivity index (χ4v) is 0.933. The van der Waals surface area contributed by atoms with Crippen LogP contribution in [0.1, 0.15) is 0 Å². The Morgan fingerprint density at radius 3 is 2.54 bits per heavy atom. The summed E-state index contributed by atoms with van der Waals surface area (Å²) >= 11 is 0. The molecule has 1 aliphatic rings.